The molecule has 0 heterocycles. The van der Waals surface area contributed by atoms with Gasteiger partial charge in [0.1, 0.15) is 0 Å². The molecule has 0 aliphatic heterocycles. The molecular formula is C17H27ClN2O2. The maximum Gasteiger partial charge on any atom is 0.342 e. The van der Waals surface area contributed by atoms with Gasteiger partial charge in [0.05, 0.1) is 18.7 Å². The summed E-state index contributed by atoms with van der Waals surface area (Å²) < 4.78 is 0. The predicted octanol–water partition coefficient (Wildman–Crippen LogP) is 4.73. The van der Waals surface area contributed by atoms with Crippen molar-refractivity contribution in [3.05, 3.63) is 34.9 Å². The van der Waals surface area contributed by atoms with Crippen LogP contribution in [0.25, 0.3) is 0 Å². The maximum atomic E-state index is 12.5. The van der Waals surface area contributed by atoms with Crippen LogP contribution < -0.4 is 5.32 Å². The summed E-state index contributed by atoms with van der Waals surface area (Å²) in [6, 6.07) is 7.30. The minimum absolute atomic E-state index is 0.220. The highest BCUT2D eigenvalue weighted by molar-refractivity contribution is 6.30. The summed E-state index contributed by atoms with van der Waals surface area (Å²) in [7, 11) is 0. The highest BCUT2D eigenvalue weighted by atomic mass is 35.5. The Morgan fingerprint density at radius 2 is 2.05 bits per heavy atom. The number of amides is 2. The van der Waals surface area contributed by atoms with Crippen LogP contribution in [0.15, 0.2) is 24.3 Å². The van der Waals surface area contributed by atoms with Gasteiger partial charge < -0.3 is 5.32 Å². The lowest BCUT2D eigenvalue weighted by atomic mass is 9.94. The molecule has 0 radical (unpaired) electrons. The highest BCUT2D eigenvalue weighted by Gasteiger charge is 2.26. The fourth-order valence-corrected chi connectivity index (χ4v) is 2.22. The smallest absolute Gasteiger partial charge is 0.327 e. The third kappa shape index (κ3) is 5.85. The fourth-order valence-electron chi connectivity index (χ4n) is 2.03. The molecule has 0 spiro atoms. The molecule has 1 aromatic rings. The molecule has 124 valence electrons. The van der Waals surface area contributed by atoms with Crippen molar-refractivity contribution in [2.45, 2.75) is 52.5 Å². The summed E-state index contributed by atoms with van der Waals surface area (Å²) in [4.78, 5) is 18.0. The van der Waals surface area contributed by atoms with E-state index < -0.39 is 5.54 Å². The summed E-state index contributed by atoms with van der Waals surface area (Å²) in [5.74, 6) is 0. The number of carbonyl (C=O) groups excluding carboxylic acids is 1. The van der Waals surface area contributed by atoms with Crippen LogP contribution in [0.3, 0.4) is 0 Å². The molecule has 0 saturated carbocycles. The summed E-state index contributed by atoms with van der Waals surface area (Å²) in [6.07, 6.45) is 2.82. The van der Waals surface area contributed by atoms with Gasteiger partial charge in [-0.25, -0.2) is 9.86 Å². The SMILES string of the molecule is CCCCON(CCC)C(=O)NC(C)(C)c1cccc(Cl)c1. The quantitative estimate of drug-likeness (QED) is 0.554. The Bertz CT molecular complexity index is 477. The minimum Gasteiger partial charge on any atom is -0.327 e. The van der Waals surface area contributed by atoms with E-state index in [2.05, 4.69) is 12.2 Å². The molecule has 5 heteroatoms. The van der Waals surface area contributed by atoms with Crippen molar-refractivity contribution in [2.24, 2.45) is 0 Å². The average molecular weight is 327 g/mol. The number of hydroxylamine groups is 2. The summed E-state index contributed by atoms with van der Waals surface area (Å²) in [5.41, 5.74) is 0.431. The number of carbonyl (C=O) groups is 1. The zero-order valence-corrected chi connectivity index (χ0v) is 14.7. The normalized spacial score (nSPS) is 11.3. The standard InChI is InChI=1S/C17H27ClN2O2/c1-5-7-12-22-20(11-6-2)16(21)19-17(3,4)14-9-8-10-15(18)13-14/h8-10,13H,5-7,11-12H2,1-4H3,(H,19,21). The molecule has 0 unspecified atom stereocenters. The van der Waals surface area contributed by atoms with Gasteiger partial charge in [-0.3, -0.25) is 4.84 Å². The van der Waals surface area contributed by atoms with Crippen molar-refractivity contribution < 1.29 is 9.63 Å². The monoisotopic (exact) mass is 326 g/mol. The molecule has 0 saturated heterocycles. The van der Waals surface area contributed by atoms with Crippen molar-refractivity contribution in [3.8, 4) is 0 Å². The topological polar surface area (TPSA) is 41.6 Å². The Labute approximate surface area is 138 Å². The van der Waals surface area contributed by atoms with Gasteiger partial charge in [-0.2, -0.15) is 0 Å². The Hall–Kier alpha value is -1.26. The van der Waals surface area contributed by atoms with E-state index in [0.717, 1.165) is 24.8 Å². The third-order valence-electron chi connectivity index (χ3n) is 3.36. The molecule has 1 N–H and O–H groups in total. The van der Waals surface area contributed by atoms with Crippen molar-refractivity contribution in [3.63, 3.8) is 0 Å². The Morgan fingerprint density at radius 1 is 1.32 bits per heavy atom. The van der Waals surface area contributed by atoms with Gasteiger partial charge in [0.25, 0.3) is 0 Å². The molecule has 0 aliphatic rings. The minimum atomic E-state index is -0.526. The third-order valence-corrected chi connectivity index (χ3v) is 3.60. The fraction of sp³-hybridized carbons (Fsp3) is 0.588. The first-order valence-electron chi connectivity index (χ1n) is 7.89. The molecule has 4 nitrogen and oxygen atoms in total. The second kappa shape index (κ2) is 9.01. The van der Waals surface area contributed by atoms with Crippen molar-refractivity contribution in [1.82, 2.24) is 10.4 Å². The van der Waals surface area contributed by atoms with E-state index >= 15 is 0 Å². The van der Waals surface area contributed by atoms with E-state index in [1.165, 1.54) is 5.06 Å². The van der Waals surface area contributed by atoms with E-state index in [4.69, 9.17) is 16.4 Å². The summed E-state index contributed by atoms with van der Waals surface area (Å²) >= 11 is 6.04. The Morgan fingerprint density at radius 3 is 2.64 bits per heavy atom. The van der Waals surface area contributed by atoms with Crippen molar-refractivity contribution >= 4 is 17.6 Å². The molecule has 0 bridgehead atoms. The zero-order chi connectivity index (χ0) is 16.6. The molecule has 0 atom stereocenters. The second-order valence-corrected chi connectivity index (χ2v) is 6.29. The molecule has 0 aliphatic carbocycles. The summed E-state index contributed by atoms with van der Waals surface area (Å²) in [5, 5.41) is 5.09. The van der Waals surface area contributed by atoms with Gasteiger partial charge in [0.2, 0.25) is 0 Å². The number of benzene rings is 1. The van der Waals surface area contributed by atoms with E-state index in [1.54, 1.807) is 0 Å². The van der Waals surface area contributed by atoms with E-state index in [9.17, 15) is 4.79 Å². The highest BCUT2D eigenvalue weighted by Crippen LogP contribution is 2.23. The second-order valence-electron chi connectivity index (χ2n) is 5.85. The van der Waals surface area contributed by atoms with Crippen LogP contribution in [-0.2, 0) is 10.4 Å². The number of urea groups is 1. The van der Waals surface area contributed by atoms with Gasteiger partial charge in [0.15, 0.2) is 0 Å². The lowest BCUT2D eigenvalue weighted by Gasteiger charge is -2.31. The number of nitrogens with one attached hydrogen (secondary N) is 1. The van der Waals surface area contributed by atoms with Gasteiger partial charge >= 0.3 is 6.03 Å². The Balaban J connectivity index is 2.73. The van der Waals surface area contributed by atoms with Gasteiger partial charge in [-0.05, 0) is 44.4 Å². The summed E-state index contributed by atoms with van der Waals surface area (Å²) in [6.45, 7) is 9.14. The van der Waals surface area contributed by atoms with Crippen LogP contribution in [0.5, 0.6) is 0 Å². The largest absolute Gasteiger partial charge is 0.342 e. The van der Waals surface area contributed by atoms with Crippen molar-refractivity contribution in [2.75, 3.05) is 13.2 Å². The van der Waals surface area contributed by atoms with E-state index in [-0.39, 0.29) is 6.03 Å². The van der Waals surface area contributed by atoms with Gasteiger partial charge in [-0.1, -0.05) is 44.0 Å². The first-order valence-corrected chi connectivity index (χ1v) is 8.27. The lowest BCUT2D eigenvalue weighted by Crippen LogP contribution is -2.48. The predicted molar refractivity (Wildman–Crippen MR) is 90.9 cm³/mol. The van der Waals surface area contributed by atoms with E-state index in [1.807, 2.05) is 45.0 Å². The first kappa shape index (κ1) is 18.8. The average Bonchev–Trinajstić information content (AvgIpc) is 2.46. The molecule has 0 fully saturated rings. The number of unbranched alkanes of at least 4 members (excludes halogenated alkanes) is 1. The molecule has 2 amide bonds. The number of halogens is 1. The van der Waals surface area contributed by atoms with Crippen LogP contribution in [0.4, 0.5) is 4.79 Å². The molecule has 1 rings (SSSR count). The van der Waals surface area contributed by atoms with Crippen LogP contribution in [-0.4, -0.2) is 24.2 Å². The molecule has 22 heavy (non-hydrogen) atoms. The number of hydrogen-bond acceptors (Lipinski definition) is 2. The molecule has 0 aromatic heterocycles. The first-order chi connectivity index (χ1) is 10.4. The van der Waals surface area contributed by atoms with Crippen molar-refractivity contribution in [1.29, 1.82) is 0 Å². The Kier molecular flexibility index (Phi) is 7.69. The maximum absolute atomic E-state index is 12.5. The number of nitrogens with zero attached hydrogens (tertiary/aromatic N) is 1. The molecule has 1 aromatic carbocycles. The number of rotatable bonds is 8. The molecular weight excluding hydrogens is 300 g/mol. The van der Waals surface area contributed by atoms with Crippen LogP contribution >= 0.6 is 11.6 Å². The van der Waals surface area contributed by atoms with Crippen LogP contribution in [0, 0.1) is 0 Å². The zero-order valence-electron chi connectivity index (χ0n) is 14.0. The number of hydrogen-bond donors (Lipinski definition) is 1. The van der Waals surface area contributed by atoms with Crippen LogP contribution in [0.1, 0.15) is 52.5 Å². The lowest BCUT2D eigenvalue weighted by molar-refractivity contribution is -0.119. The van der Waals surface area contributed by atoms with Gasteiger partial charge in [-0.15, -0.1) is 0 Å². The van der Waals surface area contributed by atoms with Gasteiger partial charge in [0, 0.05) is 5.02 Å². The van der Waals surface area contributed by atoms with E-state index in [0.29, 0.717) is 18.2 Å². The van der Waals surface area contributed by atoms with Crippen LogP contribution in [0.2, 0.25) is 5.02 Å².